The fourth-order valence-corrected chi connectivity index (χ4v) is 1.19. The predicted molar refractivity (Wildman–Crippen MR) is 64.6 cm³/mol. The average molecular weight is 272 g/mol. The molecule has 7 nitrogen and oxygen atoms in total. The summed E-state index contributed by atoms with van der Waals surface area (Å²) in [5, 5.41) is 26.5. The van der Waals surface area contributed by atoms with Crippen LogP contribution in [0.25, 0.3) is 0 Å². The number of carboxylic acid groups (broad SMARTS) is 2. The highest BCUT2D eigenvalue weighted by Crippen LogP contribution is 2.12. The van der Waals surface area contributed by atoms with Gasteiger partial charge in [0.15, 0.2) is 5.76 Å². The Kier molecular flexibility index (Phi) is 6.95. The van der Waals surface area contributed by atoms with E-state index in [2.05, 4.69) is 4.74 Å². The molecule has 0 rings (SSSR count). The van der Waals surface area contributed by atoms with Crippen LogP contribution in [0.4, 0.5) is 0 Å². The zero-order valence-electron chi connectivity index (χ0n) is 10.7. The first-order chi connectivity index (χ1) is 8.81. The molecule has 0 aliphatic heterocycles. The van der Waals surface area contributed by atoms with Crippen LogP contribution in [0.15, 0.2) is 23.0 Å². The van der Waals surface area contributed by atoms with Crippen LogP contribution in [0.2, 0.25) is 0 Å². The van der Waals surface area contributed by atoms with Gasteiger partial charge < -0.3 is 20.1 Å². The molecule has 0 saturated carbocycles. The van der Waals surface area contributed by atoms with Crippen molar-refractivity contribution in [2.45, 2.75) is 26.7 Å². The molecule has 0 radical (unpaired) electrons. The lowest BCUT2D eigenvalue weighted by Gasteiger charge is -2.06. The zero-order valence-corrected chi connectivity index (χ0v) is 10.7. The van der Waals surface area contributed by atoms with E-state index in [1.807, 2.05) is 0 Å². The minimum Gasteiger partial charge on any atom is -0.502 e. The summed E-state index contributed by atoms with van der Waals surface area (Å²) < 4.78 is 4.64. The molecule has 0 aliphatic carbocycles. The van der Waals surface area contributed by atoms with Crippen LogP contribution in [0.1, 0.15) is 26.7 Å². The summed E-state index contributed by atoms with van der Waals surface area (Å²) in [6.45, 7) is 2.54. The van der Waals surface area contributed by atoms with Gasteiger partial charge in [-0.3, -0.25) is 0 Å². The highest BCUT2D eigenvalue weighted by atomic mass is 16.5. The Morgan fingerprint density at radius 3 is 2.11 bits per heavy atom. The van der Waals surface area contributed by atoms with E-state index in [9.17, 15) is 14.4 Å². The number of esters is 1. The molecule has 0 aromatic heterocycles. The first-order valence-electron chi connectivity index (χ1n) is 5.50. The van der Waals surface area contributed by atoms with Crippen LogP contribution >= 0.6 is 0 Å². The molecule has 106 valence electrons. The maximum absolute atomic E-state index is 11.0. The molecule has 0 aromatic rings. The summed E-state index contributed by atoms with van der Waals surface area (Å²) in [5.74, 6) is -4.06. The van der Waals surface area contributed by atoms with E-state index in [4.69, 9.17) is 15.3 Å². The summed E-state index contributed by atoms with van der Waals surface area (Å²) in [5.41, 5.74) is -0.492. The van der Waals surface area contributed by atoms with Crippen molar-refractivity contribution >= 4 is 17.9 Å². The Balaban J connectivity index is 4.40. The van der Waals surface area contributed by atoms with Gasteiger partial charge in [-0.05, 0) is 32.8 Å². The predicted octanol–water partition coefficient (Wildman–Crippen LogP) is 1.26. The Bertz CT molecular complexity index is 431. The quantitative estimate of drug-likeness (QED) is 0.276. The number of carbonyl (C=O) groups is 3. The molecule has 0 spiro atoms. The highest BCUT2D eigenvalue weighted by molar-refractivity contribution is 5.98. The number of carbonyl (C=O) groups excluding carboxylic acids is 1. The standard InChI is InChI=1S/C12H16O7/c1-3-9(13)12(18)19-6-4-5-8(11(16)17)7(2)10(14)15/h3,13H,4-6H2,1-2H3,(H,14,15)(H,16,17)/b8-7-,9-3?. The van der Waals surface area contributed by atoms with Gasteiger partial charge in [0.25, 0.3) is 0 Å². The lowest BCUT2D eigenvalue weighted by Crippen LogP contribution is -2.12. The smallest absolute Gasteiger partial charge is 0.373 e. The Labute approximate surface area is 109 Å². The SMILES string of the molecule is CC=C(O)C(=O)OCCC/C(C(=O)O)=C(\C)C(=O)O. The summed E-state index contributed by atoms with van der Waals surface area (Å²) in [4.78, 5) is 32.5. The van der Waals surface area contributed by atoms with Crippen molar-refractivity contribution < 1.29 is 34.4 Å². The number of aliphatic carboxylic acids is 2. The Morgan fingerprint density at radius 1 is 1.11 bits per heavy atom. The van der Waals surface area contributed by atoms with Crippen molar-refractivity contribution in [1.29, 1.82) is 0 Å². The van der Waals surface area contributed by atoms with Crippen molar-refractivity contribution in [3.63, 3.8) is 0 Å². The maximum atomic E-state index is 11.0. The molecule has 0 unspecified atom stereocenters. The van der Waals surface area contributed by atoms with Crippen LogP contribution in [0.3, 0.4) is 0 Å². The third kappa shape index (κ3) is 5.71. The Hall–Kier alpha value is -2.31. The van der Waals surface area contributed by atoms with Crippen molar-refractivity contribution in [2.24, 2.45) is 0 Å². The van der Waals surface area contributed by atoms with Crippen molar-refractivity contribution in [3.05, 3.63) is 23.0 Å². The maximum Gasteiger partial charge on any atom is 0.373 e. The van der Waals surface area contributed by atoms with Crippen LogP contribution < -0.4 is 0 Å². The van der Waals surface area contributed by atoms with Gasteiger partial charge in [0.1, 0.15) is 0 Å². The lowest BCUT2D eigenvalue weighted by atomic mass is 10.0. The number of aliphatic hydroxyl groups is 1. The fraction of sp³-hybridized carbons (Fsp3) is 0.417. The largest absolute Gasteiger partial charge is 0.502 e. The summed E-state index contributed by atoms with van der Waals surface area (Å²) in [6.07, 6.45) is 1.27. The first kappa shape index (κ1) is 16.7. The molecule has 19 heavy (non-hydrogen) atoms. The second kappa shape index (κ2) is 7.91. The van der Waals surface area contributed by atoms with Gasteiger partial charge in [0, 0.05) is 11.1 Å². The third-order valence-corrected chi connectivity index (χ3v) is 2.32. The molecule has 0 saturated heterocycles. The molecular formula is C12H16O7. The van der Waals surface area contributed by atoms with E-state index in [1.165, 1.54) is 19.9 Å². The van der Waals surface area contributed by atoms with E-state index in [-0.39, 0.29) is 30.6 Å². The number of allylic oxidation sites excluding steroid dienone is 1. The average Bonchev–Trinajstić information content (AvgIpc) is 2.35. The molecule has 0 fully saturated rings. The molecular weight excluding hydrogens is 256 g/mol. The molecule has 0 bridgehead atoms. The normalized spacial score (nSPS) is 12.6. The number of ether oxygens (including phenoxy) is 1. The van der Waals surface area contributed by atoms with Gasteiger partial charge in [-0.25, -0.2) is 14.4 Å². The van der Waals surface area contributed by atoms with Gasteiger partial charge in [-0.15, -0.1) is 0 Å². The van der Waals surface area contributed by atoms with E-state index >= 15 is 0 Å². The third-order valence-electron chi connectivity index (χ3n) is 2.32. The van der Waals surface area contributed by atoms with Crippen LogP contribution in [-0.4, -0.2) is 39.8 Å². The second-order valence-electron chi connectivity index (χ2n) is 3.63. The Morgan fingerprint density at radius 2 is 1.68 bits per heavy atom. The van der Waals surface area contributed by atoms with E-state index < -0.39 is 23.7 Å². The molecule has 0 aromatic carbocycles. The van der Waals surface area contributed by atoms with Gasteiger partial charge in [-0.2, -0.15) is 0 Å². The van der Waals surface area contributed by atoms with E-state index in [0.29, 0.717) is 0 Å². The van der Waals surface area contributed by atoms with Crippen molar-refractivity contribution in [1.82, 2.24) is 0 Å². The summed E-state index contributed by atoms with van der Waals surface area (Å²) in [6, 6.07) is 0. The number of hydrogen-bond donors (Lipinski definition) is 3. The molecule has 7 heteroatoms. The minimum atomic E-state index is -1.32. The number of rotatable bonds is 7. The molecule has 0 amide bonds. The van der Waals surface area contributed by atoms with E-state index in [1.54, 1.807) is 0 Å². The first-order valence-corrected chi connectivity index (χ1v) is 5.50. The summed E-state index contributed by atoms with van der Waals surface area (Å²) >= 11 is 0. The van der Waals surface area contributed by atoms with Gasteiger partial charge in [0.2, 0.25) is 0 Å². The van der Waals surface area contributed by atoms with Crippen LogP contribution in [0, 0.1) is 0 Å². The molecule has 0 aliphatic rings. The van der Waals surface area contributed by atoms with E-state index in [0.717, 1.165) is 0 Å². The topological polar surface area (TPSA) is 121 Å². The second-order valence-corrected chi connectivity index (χ2v) is 3.63. The van der Waals surface area contributed by atoms with Gasteiger partial charge in [-0.1, -0.05) is 0 Å². The molecule has 0 atom stereocenters. The van der Waals surface area contributed by atoms with Crippen molar-refractivity contribution in [3.8, 4) is 0 Å². The monoisotopic (exact) mass is 272 g/mol. The minimum absolute atomic E-state index is 0.0443. The number of carboxylic acids is 2. The van der Waals surface area contributed by atoms with Crippen LogP contribution in [0.5, 0.6) is 0 Å². The number of hydrogen-bond acceptors (Lipinski definition) is 5. The lowest BCUT2D eigenvalue weighted by molar-refractivity contribution is -0.142. The zero-order chi connectivity index (χ0) is 15.0. The summed E-state index contributed by atoms with van der Waals surface area (Å²) in [7, 11) is 0. The van der Waals surface area contributed by atoms with Gasteiger partial charge in [0.05, 0.1) is 6.61 Å². The fourth-order valence-electron chi connectivity index (χ4n) is 1.19. The van der Waals surface area contributed by atoms with Crippen LogP contribution in [-0.2, 0) is 19.1 Å². The highest BCUT2D eigenvalue weighted by Gasteiger charge is 2.16. The molecule has 3 N–H and O–H groups in total. The van der Waals surface area contributed by atoms with Crippen molar-refractivity contribution in [2.75, 3.05) is 6.61 Å². The molecule has 0 heterocycles. The number of aliphatic hydroxyl groups excluding tert-OH is 1. The van der Waals surface area contributed by atoms with Gasteiger partial charge >= 0.3 is 17.9 Å².